The van der Waals surface area contributed by atoms with E-state index in [0.717, 1.165) is 22.4 Å². The van der Waals surface area contributed by atoms with Crippen molar-refractivity contribution in [2.45, 2.75) is 29.7 Å². The van der Waals surface area contributed by atoms with Gasteiger partial charge in [-0.2, -0.15) is 0 Å². The van der Waals surface area contributed by atoms with Crippen LogP contribution in [0.4, 0.5) is 5.69 Å². The summed E-state index contributed by atoms with van der Waals surface area (Å²) < 4.78 is 4.79. The van der Waals surface area contributed by atoms with Gasteiger partial charge in [0.05, 0.1) is 12.8 Å². The van der Waals surface area contributed by atoms with Crippen molar-refractivity contribution in [2.24, 2.45) is 0 Å². The second kappa shape index (κ2) is 8.18. The number of likely N-dealkylation sites (N-methyl/N-ethyl adjacent to an activating group) is 2. The molecule has 3 aromatic rings. The molecule has 0 N–H and O–H groups in total. The number of thioether (sulfide) groups is 1. The number of hydrogen-bond acceptors (Lipinski definition) is 6. The van der Waals surface area contributed by atoms with Crippen molar-refractivity contribution < 1.29 is 14.0 Å². The smallest absolute Gasteiger partial charge is 0.254 e. The van der Waals surface area contributed by atoms with Crippen molar-refractivity contribution in [2.75, 3.05) is 25.5 Å². The first-order valence-corrected chi connectivity index (χ1v) is 13.3. The van der Waals surface area contributed by atoms with E-state index in [-0.39, 0.29) is 24.3 Å². The molecule has 4 heterocycles. The Kier molecular flexibility index (Phi) is 5.39. The van der Waals surface area contributed by atoms with Crippen molar-refractivity contribution in [3.05, 3.63) is 88.3 Å². The highest BCUT2D eigenvalue weighted by atomic mass is 35.5. The summed E-state index contributed by atoms with van der Waals surface area (Å²) in [5.74, 6) is 0.0402. The van der Waals surface area contributed by atoms with Gasteiger partial charge in [0.2, 0.25) is 5.91 Å². The molecule has 2 saturated heterocycles. The van der Waals surface area contributed by atoms with E-state index in [1.807, 2.05) is 62.5 Å². The maximum atomic E-state index is 14.7. The normalized spacial score (nSPS) is 27.8. The van der Waals surface area contributed by atoms with Crippen molar-refractivity contribution in [1.82, 2.24) is 9.80 Å². The van der Waals surface area contributed by atoms with Crippen molar-refractivity contribution in [3.8, 4) is 0 Å². The largest absolute Gasteiger partial charge is 0.467 e. The van der Waals surface area contributed by atoms with Gasteiger partial charge in [-0.1, -0.05) is 65.4 Å². The van der Waals surface area contributed by atoms with Gasteiger partial charge in [0.15, 0.2) is 5.54 Å². The van der Waals surface area contributed by atoms with Gasteiger partial charge in [0.1, 0.15) is 14.8 Å². The van der Waals surface area contributed by atoms with E-state index in [1.165, 1.54) is 11.8 Å². The molecule has 3 atom stereocenters. The Morgan fingerprint density at radius 2 is 1.86 bits per heavy atom. The zero-order valence-corrected chi connectivity index (χ0v) is 22.4. The average molecular weight is 538 g/mol. The highest BCUT2D eigenvalue weighted by Gasteiger charge is 2.78. The summed E-state index contributed by atoms with van der Waals surface area (Å²) in [6.07, 6.45) is 1.58. The summed E-state index contributed by atoms with van der Waals surface area (Å²) in [7, 11) is 3.72. The number of hydrogen-bond donors (Lipinski definition) is 0. The zero-order chi connectivity index (χ0) is 25.4. The fraction of sp³-hybridized carbons (Fsp3) is 0.296. The van der Waals surface area contributed by atoms with Crippen LogP contribution in [0.15, 0.2) is 65.3 Å². The molecule has 184 valence electrons. The standard InChI is InChI=1S/C27H24ClN3O3S2/c1-16-6-11-22-20(13-16)26(23(32)30(22)3)27(21(15-29(26)2)17-7-9-18(28)10-8-17)24(33)31(25(35)36-27)14-19-5-4-12-34-19/h4-13,21H,14-15H2,1-3H3. The number of halogens is 1. The molecule has 0 aliphatic carbocycles. The molecule has 3 aliphatic heterocycles. The topological polar surface area (TPSA) is 57.0 Å². The van der Waals surface area contributed by atoms with Gasteiger partial charge in [-0.3, -0.25) is 19.4 Å². The Balaban J connectivity index is 1.61. The summed E-state index contributed by atoms with van der Waals surface area (Å²) >= 11 is 13.4. The zero-order valence-electron chi connectivity index (χ0n) is 20.0. The number of likely N-dealkylation sites (tertiary alicyclic amines) is 1. The van der Waals surface area contributed by atoms with Crippen LogP contribution in [0.25, 0.3) is 0 Å². The number of benzene rings is 2. The van der Waals surface area contributed by atoms with Crippen LogP contribution < -0.4 is 4.90 Å². The second-order valence-electron chi connectivity index (χ2n) is 9.65. The van der Waals surface area contributed by atoms with Gasteiger partial charge in [-0.25, -0.2) is 0 Å². The predicted molar refractivity (Wildman–Crippen MR) is 145 cm³/mol. The SMILES string of the molecule is Cc1ccc2c(c1)C1(C(=O)N2C)N(C)CC(c2ccc(Cl)cc2)C12SC(=S)N(Cc1ccco1)C2=O. The number of carbonyl (C=O) groups is 2. The Morgan fingerprint density at radius 1 is 1.11 bits per heavy atom. The van der Waals surface area contributed by atoms with Crippen LogP contribution in [0.5, 0.6) is 0 Å². The van der Waals surface area contributed by atoms with E-state index in [2.05, 4.69) is 4.90 Å². The van der Waals surface area contributed by atoms with Gasteiger partial charge in [-0.15, -0.1) is 0 Å². The van der Waals surface area contributed by atoms with E-state index in [4.69, 9.17) is 28.2 Å². The fourth-order valence-electron chi connectivity index (χ4n) is 6.20. The molecule has 6 nitrogen and oxygen atoms in total. The van der Waals surface area contributed by atoms with Crippen LogP contribution in [0.2, 0.25) is 5.02 Å². The van der Waals surface area contributed by atoms with E-state index in [1.54, 1.807) is 29.2 Å². The van der Waals surface area contributed by atoms with Gasteiger partial charge >= 0.3 is 0 Å². The molecule has 2 spiro atoms. The summed E-state index contributed by atoms with van der Waals surface area (Å²) in [5, 5.41) is 0.617. The third-order valence-corrected chi connectivity index (χ3v) is 9.97. The van der Waals surface area contributed by atoms with Gasteiger partial charge < -0.3 is 9.32 Å². The molecular weight excluding hydrogens is 514 g/mol. The fourth-order valence-corrected chi connectivity index (χ4v) is 8.45. The van der Waals surface area contributed by atoms with Crippen molar-refractivity contribution >= 4 is 57.4 Å². The van der Waals surface area contributed by atoms with Crippen LogP contribution in [0, 0.1) is 6.92 Å². The van der Waals surface area contributed by atoms with Crippen molar-refractivity contribution in [1.29, 1.82) is 0 Å². The number of rotatable bonds is 3. The summed E-state index contributed by atoms with van der Waals surface area (Å²) in [6.45, 7) is 2.73. The lowest BCUT2D eigenvalue weighted by molar-refractivity contribution is -0.139. The molecule has 0 radical (unpaired) electrons. The number of fused-ring (bicyclic) bond motifs is 3. The monoisotopic (exact) mass is 537 g/mol. The summed E-state index contributed by atoms with van der Waals surface area (Å²) in [5.41, 5.74) is 2.41. The van der Waals surface area contributed by atoms with Crippen molar-refractivity contribution in [3.63, 3.8) is 0 Å². The minimum Gasteiger partial charge on any atom is -0.467 e. The summed E-state index contributed by atoms with van der Waals surface area (Å²) in [6, 6.07) is 17.2. The minimum absolute atomic E-state index is 0.120. The number of amides is 2. The van der Waals surface area contributed by atoms with Crippen LogP contribution in [-0.2, 0) is 21.7 Å². The lowest BCUT2D eigenvalue weighted by Gasteiger charge is -2.42. The van der Waals surface area contributed by atoms with Gasteiger partial charge in [-0.05, 0) is 49.9 Å². The quantitative estimate of drug-likeness (QED) is 0.441. The Labute approximate surface area is 224 Å². The number of anilines is 1. The molecule has 2 fully saturated rings. The maximum Gasteiger partial charge on any atom is 0.254 e. The lowest BCUT2D eigenvalue weighted by Crippen LogP contribution is -2.62. The number of aryl methyl sites for hydroxylation is 1. The number of thiocarbonyl (C=S) groups is 1. The molecule has 3 aliphatic rings. The molecule has 3 unspecified atom stereocenters. The number of carbonyl (C=O) groups excluding carboxylic acids is 2. The highest BCUT2D eigenvalue weighted by molar-refractivity contribution is 8.25. The molecular formula is C27H24ClN3O3S2. The van der Waals surface area contributed by atoms with E-state index >= 15 is 0 Å². The van der Waals surface area contributed by atoms with Crippen LogP contribution in [0.3, 0.4) is 0 Å². The second-order valence-corrected chi connectivity index (χ2v) is 12.0. The molecule has 0 saturated carbocycles. The highest BCUT2D eigenvalue weighted by Crippen LogP contribution is 2.66. The van der Waals surface area contributed by atoms with Crippen LogP contribution in [0.1, 0.15) is 28.4 Å². The van der Waals surface area contributed by atoms with Crippen LogP contribution in [-0.4, -0.2) is 51.3 Å². The van der Waals surface area contributed by atoms with Gasteiger partial charge in [0, 0.05) is 35.8 Å². The first-order valence-electron chi connectivity index (χ1n) is 11.6. The van der Waals surface area contributed by atoms with Gasteiger partial charge in [0.25, 0.3) is 5.91 Å². The predicted octanol–water partition coefficient (Wildman–Crippen LogP) is 4.94. The van der Waals surface area contributed by atoms with E-state index in [0.29, 0.717) is 21.6 Å². The number of nitrogens with zero attached hydrogens (tertiary/aromatic N) is 3. The number of furan rings is 1. The molecule has 9 heteroatoms. The third-order valence-electron chi connectivity index (χ3n) is 7.77. The summed E-state index contributed by atoms with van der Waals surface area (Å²) in [4.78, 5) is 34.5. The Morgan fingerprint density at radius 3 is 2.56 bits per heavy atom. The maximum absolute atomic E-state index is 14.7. The molecule has 6 rings (SSSR count). The molecule has 36 heavy (non-hydrogen) atoms. The van der Waals surface area contributed by atoms with E-state index < -0.39 is 10.3 Å². The van der Waals surface area contributed by atoms with E-state index in [9.17, 15) is 9.59 Å². The average Bonchev–Trinajstić information content (AvgIpc) is 3.57. The molecule has 1 aromatic heterocycles. The Bertz CT molecular complexity index is 1410. The molecule has 2 amide bonds. The Hall–Kier alpha value is -2.65. The first-order chi connectivity index (χ1) is 17.2. The first kappa shape index (κ1) is 23.7. The minimum atomic E-state index is -1.23. The third kappa shape index (κ3) is 2.93. The molecule has 0 bridgehead atoms. The molecule has 2 aromatic carbocycles. The van der Waals surface area contributed by atoms with Crippen LogP contribution >= 0.6 is 35.6 Å². The lowest BCUT2D eigenvalue weighted by atomic mass is 9.71.